The van der Waals surface area contributed by atoms with E-state index in [1.54, 1.807) is 12.4 Å². The minimum Gasteiger partial charge on any atom is -0.394 e. The lowest BCUT2D eigenvalue weighted by molar-refractivity contribution is -0.121. The summed E-state index contributed by atoms with van der Waals surface area (Å²) in [5.74, 6) is 0.379. The zero-order valence-electron chi connectivity index (χ0n) is 11.0. The van der Waals surface area contributed by atoms with Crippen LogP contribution in [0.5, 0.6) is 0 Å². The summed E-state index contributed by atoms with van der Waals surface area (Å²) in [5, 5.41) is 12.6. The summed E-state index contributed by atoms with van der Waals surface area (Å²) in [4.78, 5) is 17.0. The number of carbonyl (C=O) groups excluding carboxylic acids is 1. The van der Waals surface area contributed by atoms with Crippen molar-refractivity contribution in [2.75, 3.05) is 12.4 Å². The SMILES string of the molecule is O=C(CSc1ccncc1)NC1(CO)CCCCC1. The van der Waals surface area contributed by atoms with E-state index in [1.807, 2.05) is 12.1 Å². The zero-order chi connectivity index (χ0) is 13.6. The molecule has 0 saturated heterocycles. The van der Waals surface area contributed by atoms with E-state index in [-0.39, 0.29) is 18.1 Å². The molecule has 0 spiro atoms. The molecule has 5 heteroatoms. The second kappa shape index (κ2) is 6.91. The molecule has 0 aromatic carbocycles. The number of thioether (sulfide) groups is 1. The number of nitrogens with zero attached hydrogens (tertiary/aromatic N) is 1. The number of nitrogens with one attached hydrogen (secondary N) is 1. The summed E-state index contributed by atoms with van der Waals surface area (Å²) in [5.41, 5.74) is -0.381. The maximum atomic E-state index is 12.0. The second-order valence-electron chi connectivity index (χ2n) is 5.02. The summed E-state index contributed by atoms with van der Waals surface area (Å²) in [6.07, 6.45) is 8.57. The number of aromatic nitrogens is 1. The summed E-state index contributed by atoms with van der Waals surface area (Å²) in [7, 11) is 0. The molecule has 2 rings (SSSR count). The molecule has 0 aliphatic heterocycles. The topological polar surface area (TPSA) is 62.2 Å². The van der Waals surface area contributed by atoms with Crippen LogP contribution < -0.4 is 5.32 Å². The van der Waals surface area contributed by atoms with Crippen LogP contribution in [0.25, 0.3) is 0 Å². The van der Waals surface area contributed by atoms with Gasteiger partial charge < -0.3 is 10.4 Å². The summed E-state index contributed by atoms with van der Waals surface area (Å²) in [6.45, 7) is 0.0403. The first kappa shape index (κ1) is 14.3. The number of hydrogen-bond donors (Lipinski definition) is 2. The summed E-state index contributed by atoms with van der Waals surface area (Å²) in [6, 6.07) is 3.78. The Balaban J connectivity index is 1.83. The van der Waals surface area contributed by atoms with Gasteiger partial charge in [0.15, 0.2) is 0 Å². The van der Waals surface area contributed by atoms with Crippen LogP contribution >= 0.6 is 11.8 Å². The molecule has 19 heavy (non-hydrogen) atoms. The molecule has 1 fully saturated rings. The molecule has 1 aromatic heterocycles. The van der Waals surface area contributed by atoms with Gasteiger partial charge in [-0.15, -0.1) is 11.8 Å². The number of pyridine rings is 1. The minimum absolute atomic E-state index is 0.00207. The van der Waals surface area contributed by atoms with Gasteiger partial charge in [0.05, 0.1) is 17.9 Å². The second-order valence-corrected chi connectivity index (χ2v) is 6.07. The third-order valence-electron chi connectivity index (χ3n) is 3.54. The van der Waals surface area contributed by atoms with Crippen molar-refractivity contribution in [1.82, 2.24) is 10.3 Å². The van der Waals surface area contributed by atoms with Crippen LogP contribution in [0.4, 0.5) is 0 Å². The molecule has 104 valence electrons. The van der Waals surface area contributed by atoms with Gasteiger partial charge in [-0.1, -0.05) is 19.3 Å². The van der Waals surface area contributed by atoms with Gasteiger partial charge in [-0.2, -0.15) is 0 Å². The van der Waals surface area contributed by atoms with E-state index in [0.717, 1.165) is 30.6 Å². The van der Waals surface area contributed by atoms with Crippen LogP contribution in [-0.2, 0) is 4.79 Å². The lowest BCUT2D eigenvalue weighted by Gasteiger charge is -2.36. The lowest BCUT2D eigenvalue weighted by atomic mass is 9.82. The first-order chi connectivity index (χ1) is 9.24. The van der Waals surface area contributed by atoms with E-state index < -0.39 is 0 Å². The molecule has 1 heterocycles. The van der Waals surface area contributed by atoms with Crippen LogP contribution in [0.15, 0.2) is 29.4 Å². The number of aliphatic hydroxyl groups is 1. The highest BCUT2D eigenvalue weighted by molar-refractivity contribution is 8.00. The molecular weight excluding hydrogens is 260 g/mol. The predicted molar refractivity (Wildman–Crippen MR) is 76.0 cm³/mol. The van der Waals surface area contributed by atoms with Crippen LogP contribution in [0.2, 0.25) is 0 Å². The van der Waals surface area contributed by atoms with Crippen LogP contribution in [0.1, 0.15) is 32.1 Å². The van der Waals surface area contributed by atoms with Gasteiger partial charge in [0.2, 0.25) is 5.91 Å². The highest BCUT2D eigenvalue weighted by Crippen LogP contribution is 2.28. The van der Waals surface area contributed by atoms with Crippen molar-refractivity contribution in [3.8, 4) is 0 Å². The first-order valence-corrected chi connectivity index (χ1v) is 7.67. The fraction of sp³-hybridized carbons (Fsp3) is 0.571. The van der Waals surface area contributed by atoms with E-state index >= 15 is 0 Å². The predicted octanol–water partition coefficient (Wildman–Crippen LogP) is 1.99. The van der Waals surface area contributed by atoms with Crippen LogP contribution in [0.3, 0.4) is 0 Å². The van der Waals surface area contributed by atoms with Gasteiger partial charge in [-0.05, 0) is 25.0 Å². The monoisotopic (exact) mass is 280 g/mol. The summed E-state index contributed by atoms with van der Waals surface area (Å²) >= 11 is 1.49. The summed E-state index contributed by atoms with van der Waals surface area (Å²) < 4.78 is 0. The zero-order valence-corrected chi connectivity index (χ0v) is 11.8. The Bertz CT molecular complexity index is 405. The van der Waals surface area contributed by atoms with E-state index in [1.165, 1.54) is 18.2 Å². The van der Waals surface area contributed by atoms with Gasteiger partial charge in [-0.25, -0.2) is 0 Å². The number of amides is 1. The molecule has 0 unspecified atom stereocenters. The Kier molecular flexibility index (Phi) is 5.22. The maximum absolute atomic E-state index is 12.0. The van der Waals surface area contributed by atoms with Crippen molar-refractivity contribution in [2.45, 2.75) is 42.5 Å². The van der Waals surface area contributed by atoms with Gasteiger partial charge in [0.1, 0.15) is 0 Å². The third-order valence-corrected chi connectivity index (χ3v) is 4.55. The van der Waals surface area contributed by atoms with Gasteiger partial charge in [0, 0.05) is 17.3 Å². The number of carbonyl (C=O) groups is 1. The molecule has 1 amide bonds. The highest BCUT2D eigenvalue weighted by atomic mass is 32.2. The molecule has 4 nitrogen and oxygen atoms in total. The van der Waals surface area contributed by atoms with E-state index in [9.17, 15) is 9.90 Å². The Labute approximate surface area is 118 Å². The molecule has 1 aliphatic rings. The normalized spacial score (nSPS) is 17.9. The smallest absolute Gasteiger partial charge is 0.230 e. The quantitative estimate of drug-likeness (QED) is 0.810. The molecule has 1 aliphatic carbocycles. The highest BCUT2D eigenvalue weighted by Gasteiger charge is 2.32. The minimum atomic E-state index is -0.381. The first-order valence-electron chi connectivity index (χ1n) is 6.69. The van der Waals surface area contributed by atoms with Crippen molar-refractivity contribution in [1.29, 1.82) is 0 Å². The van der Waals surface area contributed by atoms with E-state index in [0.29, 0.717) is 5.75 Å². The molecule has 0 radical (unpaired) electrons. The molecule has 0 atom stereocenters. The average molecular weight is 280 g/mol. The Morgan fingerprint density at radius 3 is 2.63 bits per heavy atom. The third kappa shape index (κ3) is 4.21. The van der Waals surface area contributed by atoms with E-state index in [4.69, 9.17) is 0 Å². The van der Waals surface area contributed by atoms with Crippen LogP contribution in [-0.4, -0.2) is 33.9 Å². The molecule has 0 bridgehead atoms. The van der Waals surface area contributed by atoms with Gasteiger partial charge in [-0.3, -0.25) is 9.78 Å². The van der Waals surface area contributed by atoms with Gasteiger partial charge in [0.25, 0.3) is 0 Å². The molecule has 1 aromatic rings. The van der Waals surface area contributed by atoms with Crippen molar-refractivity contribution in [3.05, 3.63) is 24.5 Å². The van der Waals surface area contributed by atoms with Crippen molar-refractivity contribution in [3.63, 3.8) is 0 Å². The van der Waals surface area contributed by atoms with E-state index in [2.05, 4.69) is 10.3 Å². The average Bonchev–Trinajstić information content (AvgIpc) is 2.47. The van der Waals surface area contributed by atoms with Crippen LogP contribution in [0, 0.1) is 0 Å². The maximum Gasteiger partial charge on any atom is 0.230 e. The van der Waals surface area contributed by atoms with Crippen molar-refractivity contribution in [2.24, 2.45) is 0 Å². The standard InChI is InChI=1S/C14H20N2O2S/c17-11-14(6-2-1-3-7-14)16-13(18)10-19-12-4-8-15-9-5-12/h4-5,8-9,17H,1-3,6-7,10-11H2,(H,16,18). The number of rotatable bonds is 5. The van der Waals surface area contributed by atoms with Crippen molar-refractivity contribution < 1.29 is 9.90 Å². The largest absolute Gasteiger partial charge is 0.394 e. The Morgan fingerprint density at radius 1 is 1.32 bits per heavy atom. The number of aliphatic hydroxyl groups excluding tert-OH is 1. The van der Waals surface area contributed by atoms with Gasteiger partial charge >= 0.3 is 0 Å². The Hall–Kier alpha value is -1.07. The lowest BCUT2D eigenvalue weighted by Crippen LogP contribution is -2.53. The Morgan fingerprint density at radius 2 is 2.00 bits per heavy atom. The van der Waals surface area contributed by atoms with Crippen molar-refractivity contribution >= 4 is 17.7 Å². The molecule has 1 saturated carbocycles. The fourth-order valence-corrected chi connectivity index (χ4v) is 3.15. The number of hydrogen-bond acceptors (Lipinski definition) is 4. The molecule has 2 N–H and O–H groups in total. The molecular formula is C14H20N2O2S. The fourth-order valence-electron chi connectivity index (χ4n) is 2.47.